The van der Waals surface area contributed by atoms with Crippen molar-refractivity contribution in [3.05, 3.63) is 18.2 Å². The molecule has 0 saturated carbocycles. The van der Waals surface area contributed by atoms with Gasteiger partial charge in [0.2, 0.25) is 0 Å². The highest BCUT2D eigenvalue weighted by molar-refractivity contribution is 5.75. The van der Waals surface area contributed by atoms with Crippen molar-refractivity contribution >= 4 is 11.0 Å². The van der Waals surface area contributed by atoms with Crippen LogP contribution in [0.25, 0.3) is 11.0 Å². The first-order valence-corrected chi connectivity index (χ1v) is 6.75. The van der Waals surface area contributed by atoms with Gasteiger partial charge in [0, 0.05) is 6.07 Å². The van der Waals surface area contributed by atoms with Crippen LogP contribution >= 0.6 is 0 Å². The summed E-state index contributed by atoms with van der Waals surface area (Å²) in [4.78, 5) is 0.584. The molecule has 0 atom stereocenters. The minimum Gasteiger partial charge on any atom is -0.488 e. The second-order valence-electron chi connectivity index (χ2n) is 5.44. The predicted octanol–water partition coefficient (Wildman–Crippen LogP) is 3.41. The van der Waals surface area contributed by atoms with Crippen molar-refractivity contribution in [3.8, 4) is 5.75 Å². The highest BCUT2D eigenvalue weighted by atomic mass is 16.5. The number of nitrogens with zero attached hydrogens (tertiary/aromatic N) is 3. The summed E-state index contributed by atoms with van der Waals surface area (Å²) in [5.74, 6) is 0.759. The first-order chi connectivity index (χ1) is 9.00. The Kier molecular flexibility index (Phi) is 3.93. The van der Waals surface area contributed by atoms with Crippen LogP contribution in [0.1, 0.15) is 46.5 Å². The molecule has 0 aliphatic carbocycles. The number of hydrogen-bond acceptors (Lipinski definition) is 4. The van der Waals surface area contributed by atoms with Crippen LogP contribution in [0.2, 0.25) is 0 Å². The quantitative estimate of drug-likeness (QED) is 0.641. The Hall–Kier alpha value is -1.78. The van der Waals surface area contributed by atoms with Crippen LogP contribution in [-0.4, -0.2) is 26.0 Å². The highest BCUT2D eigenvalue weighted by Crippen LogP contribution is 2.25. The van der Waals surface area contributed by atoms with E-state index in [0.29, 0.717) is 16.0 Å². The molecule has 0 bridgehead atoms. The number of benzene rings is 1. The molecule has 0 fully saturated rings. The molecule has 0 radical (unpaired) electrons. The molecule has 19 heavy (non-hydrogen) atoms. The van der Waals surface area contributed by atoms with Gasteiger partial charge in [0.05, 0.1) is 0 Å². The standard InChI is InChI=1S/C14H21N3O2/c1-4-5-6-9-14(2,3)19-11-7-8-12-13(10-11)16-17(18)15-12/h7-8,10,18H,4-6,9H2,1-3H3. The third-order valence-corrected chi connectivity index (χ3v) is 3.12. The van der Waals surface area contributed by atoms with E-state index in [1.807, 2.05) is 6.07 Å². The largest absolute Gasteiger partial charge is 0.488 e. The molecule has 5 heteroatoms. The van der Waals surface area contributed by atoms with Crippen LogP contribution < -0.4 is 4.74 Å². The summed E-state index contributed by atoms with van der Waals surface area (Å²) >= 11 is 0. The van der Waals surface area contributed by atoms with Gasteiger partial charge in [-0.25, -0.2) is 0 Å². The molecule has 0 unspecified atom stereocenters. The van der Waals surface area contributed by atoms with Crippen LogP contribution in [0, 0.1) is 0 Å². The normalized spacial score (nSPS) is 11.9. The monoisotopic (exact) mass is 263 g/mol. The maximum Gasteiger partial charge on any atom is 0.122 e. The molecule has 0 aliphatic rings. The lowest BCUT2D eigenvalue weighted by atomic mass is 10.0. The Balaban J connectivity index is 2.07. The minimum atomic E-state index is -0.196. The molecular formula is C14H21N3O2. The third-order valence-electron chi connectivity index (χ3n) is 3.12. The van der Waals surface area contributed by atoms with Gasteiger partial charge >= 0.3 is 0 Å². The summed E-state index contributed by atoms with van der Waals surface area (Å²) in [7, 11) is 0. The Morgan fingerprint density at radius 2 is 1.95 bits per heavy atom. The number of rotatable bonds is 6. The van der Waals surface area contributed by atoms with Crippen molar-refractivity contribution in [2.75, 3.05) is 0 Å². The minimum absolute atomic E-state index is 0.196. The Morgan fingerprint density at radius 3 is 2.68 bits per heavy atom. The number of aromatic nitrogens is 3. The average Bonchev–Trinajstić information content (AvgIpc) is 2.68. The van der Waals surface area contributed by atoms with Crippen molar-refractivity contribution < 1.29 is 9.94 Å². The molecule has 1 heterocycles. The van der Waals surface area contributed by atoms with E-state index >= 15 is 0 Å². The predicted molar refractivity (Wildman–Crippen MR) is 73.6 cm³/mol. The topological polar surface area (TPSA) is 60.2 Å². The van der Waals surface area contributed by atoms with Crippen LogP contribution in [0.4, 0.5) is 0 Å². The summed E-state index contributed by atoms with van der Waals surface area (Å²) < 4.78 is 6.01. The zero-order valence-corrected chi connectivity index (χ0v) is 11.8. The maximum atomic E-state index is 9.18. The van der Waals surface area contributed by atoms with Crippen molar-refractivity contribution in [3.63, 3.8) is 0 Å². The molecule has 1 aromatic carbocycles. The molecule has 1 N–H and O–H groups in total. The lowest BCUT2D eigenvalue weighted by Crippen LogP contribution is -2.27. The first-order valence-electron chi connectivity index (χ1n) is 6.75. The average molecular weight is 263 g/mol. The van der Waals surface area contributed by atoms with Gasteiger partial charge in [-0.1, -0.05) is 19.8 Å². The highest BCUT2D eigenvalue weighted by Gasteiger charge is 2.19. The van der Waals surface area contributed by atoms with Crippen molar-refractivity contribution in [1.82, 2.24) is 15.2 Å². The van der Waals surface area contributed by atoms with Crippen molar-refractivity contribution in [2.45, 2.75) is 52.1 Å². The second-order valence-corrected chi connectivity index (χ2v) is 5.44. The van der Waals surface area contributed by atoms with Crippen molar-refractivity contribution in [2.24, 2.45) is 0 Å². The molecule has 104 valence electrons. The SMILES string of the molecule is CCCCCC(C)(C)Oc1ccc2nn(O)nc2c1. The molecule has 0 amide bonds. The number of unbranched alkanes of at least 4 members (excludes halogenated alkanes) is 2. The van der Waals surface area contributed by atoms with E-state index in [2.05, 4.69) is 31.0 Å². The molecule has 5 nitrogen and oxygen atoms in total. The van der Waals surface area contributed by atoms with Gasteiger partial charge in [-0.15, -0.1) is 10.2 Å². The van der Waals surface area contributed by atoms with E-state index in [9.17, 15) is 5.21 Å². The molecule has 0 spiro atoms. The Morgan fingerprint density at radius 1 is 1.21 bits per heavy atom. The van der Waals surface area contributed by atoms with E-state index in [-0.39, 0.29) is 5.60 Å². The lowest BCUT2D eigenvalue weighted by Gasteiger charge is -2.26. The van der Waals surface area contributed by atoms with Gasteiger partial charge < -0.3 is 9.94 Å². The summed E-state index contributed by atoms with van der Waals surface area (Å²) in [5, 5.41) is 16.9. The zero-order valence-electron chi connectivity index (χ0n) is 11.8. The maximum absolute atomic E-state index is 9.18. The summed E-state index contributed by atoms with van der Waals surface area (Å²) in [6, 6.07) is 5.46. The molecule has 0 aliphatic heterocycles. The Labute approximate surface area is 113 Å². The van der Waals surface area contributed by atoms with E-state index in [0.717, 1.165) is 12.2 Å². The summed E-state index contributed by atoms with van der Waals surface area (Å²) in [6.07, 6.45) is 4.62. The molecule has 2 aromatic rings. The van der Waals surface area contributed by atoms with E-state index in [4.69, 9.17) is 4.74 Å². The van der Waals surface area contributed by atoms with Gasteiger partial charge in [-0.3, -0.25) is 0 Å². The van der Waals surface area contributed by atoms with Crippen LogP contribution in [-0.2, 0) is 0 Å². The smallest absolute Gasteiger partial charge is 0.122 e. The second kappa shape index (κ2) is 5.47. The van der Waals surface area contributed by atoms with Gasteiger partial charge in [-0.05, 0) is 43.8 Å². The molecule has 1 aromatic heterocycles. The van der Waals surface area contributed by atoms with Crippen LogP contribution in [0.15, 0.2) is 18.2 Å². The van der Waals surface area contributed by atoms with Gasteiger partial charge in [0.15, 0.2) is 0 Å². The molecular weight excluding hydrogens is 242 g/mol. The van der Waals surface area contributed by atoms with Crippen LogP contribution in [0.5, 0.6) is 5.75 Å². The molecule has 0 saturated heterocycles. The number of ether oxygens (including phenoxy) is 1. The zero-order chi connectivity index (χ0) is 13.9. The van der Waals surface area contributed by atoms with Gasteiger partial charge in [0.25, 0.3) is 0 Å². The fourth-order valence-corrected chi connectivity index (χ4v) is 2.12. The number of fused-ring (bicyclic) bond motifs is 1. The summed E-state index contributed by atoms with van der Waals surface area (Å²) in [5.41, 5.74) is 1.08. The van der Waals surface area contributed by atoms with E-state index in [1.54, 1.807) is 12.1 Å². The Bertz CT molecular complexity index is 549. The van der Waals surface area contributed by atoms with Gasteiger partial charge in [-0.2, -0.15) is 0 Å². The summed E-state index contributed by atoms with van der Waals surface area (Å²) in [6.45, 7) is 6.38. The van der Waals surface area contributed by atoms with E-state index < -0.39 is 0 Å². The fourth-order valence-electron chi connectivity index (χ4n) is 2.12. The first kappa shape index (κ1) is 13.6. The lowest BCUT2D eigenvalue weighted by molar-refractivity contribution is 0.0964. The fraction of sp³-hybridized carbons (Fsp3) is 0.571. The number of hydrogen-bond donors (Lipinski definition) is 1. The van der Waals surface area contributed by atoms with Gasteiger partial charge in [0.1, 0.15) is 22.4 Å². The van der Waals surface area contributed by atoms with Crippen molar-refractivity contribution in [1.29, 1.82) is 0 Å². The van der Waals surface area contributed by atoms with Crippen LogP contribution in [0.3, 0.4) is 0 Å². The van der Waals surface area contributed by atoms with E-state index in [1.165, 1.54) is 19.3 Å². The third kappa shape index (κ3) is 3.59. The molecule has 2 rings (SSSR count).